The Labute approximate surface area is 148 Å². The average Bonchev–Trinajstić information content (AvgIpc) is 2.63. The molecule has 0 aliphatic heterocycles. The first-order valence-corrected chi connectivity index (χ1v) is 7.75. The number of nitro groups is 2. The first-order chi connectivity index (χ1) is 12.4. The number of benzene rings is 2. The van der Waals surface area contributed by atoms with Crippen LogP contribution < -0.4 is 5.43 Å². The van der Waals surface area contributed by atoms with E-state index in [1.807, 2.05) is 37.3 Å². The van der Waals surface area contributed by atoms with Crippen LogP contribution in [-0.2, 0) is 11.2 Å². The summed E-state index contributed by atoms with van der Waals surface area (Å²) in [5.41, 5.74) is 3.09. The molecule has 0 bridgehead atoms. The molecule has 0 atom stereocenters. The van der Waals surface area contributed by atoms with Crippen LogP contribution in [0.3, 0.4) is 0 Å². The highest BCUT2D eigenvalue weighted by molar-refractivity contribution is 6.00. The molecular weight excluding hydrogens is 340 g/mol. The summed E-state index contributed by atoms with van der Waals surface area (Å²) in [5.74, 6) is -0.552. The van der Waals surface area contributed by atoms with Crippen molar-refractivity contribution in [2.24, 2.45) is 5.10 Å². The summed E-state index contributed by atoms with van der Waals surface area (Å²) >= 11 is 0. The smallest absolute Gasteiger partial charge is 0.273 e. The van der Waals surface area contributed by atoms with E-state index in [1.54, 1.807) is 0 Å². The Hall–Kier alpha value is -3.62. The molecule has 0 saturated heterocycles. The van der Waals surface area contributed by atoms with Crippen LogP contribution >= 0.6 is 0 Å². The van der Waals surface area contributed by atoms with E-state index in [0.717, 1.165) is 17.7 Å². The third-order valence-corrected chi connectivity index (χ3v) is 3.58. The van der Waals surface area contributed by atoms with Crippen molar-refractivity contribution in [3.63, 3.8) is 0 Å². The number of rotatable bonds is 7. The fraction of sp³-hybridized carbons (Fsp3) is 0.176. The van der Waals surface area contributed by atoms with Gasteiger partial charge in [-0.3, -0.25) is 25.0 Å². The fourth-order valence-electron chi connectivity index (χ4n) is 2.31. The molecule has 2 rings (SSSR count). The highest BCUT2D eigenvalue weighted by Gasteiger charge is 2.21. The quantitative estimate of drug-likeness (QED) is 0.463. The van der Waals surface area contributed by atoms with Crippen molar-refractivity contribution in [3.8, 4) is 0 Å². The Morgan fingerprint density at radius 1 is 1.08 bits per heavy atom. The molecule has 0 aliphatic rings. The summed E-state index contributed by atoms with van der Waals surface area (Å²) in [6, 6.07) is 12.4. The van der Waals surface area contributed by atoms with Crippen molar-refractivity contribution in [2.75, 3.05) is 0 Å². The van der Waals surface area contributed by atoms with Crippen molar-refractivity contribution in [3.05, 3.63) is 79.9 Å². The van der Waals surface area contributed by atoms with Crippen molar-refractivity contribution < 1.29 is 14.6 Å². The fourth-order valence-corrected chi connectivity index (χ4v) is 2.31. The van der Waals surface area contributed by atoms with E-state index in [0.29, 0.717) is 12.1 Å². The number of carbonyl (C=O) groups is 1. The SMILES string of the molecule is CCC(=NNC(=O)Cc1ccc([N+](=O)[O-])cc1[N+](=O)[O-])c1ccccc1. The van der Waals surface area contributed by atoms with Gasteiger partial charge in [0.15, 0.2) is 0 Å². The van der Waals surface area contributed by atoms with Gasteiger partial charge < -0.3 is 0 Å². The topological polar surface area (TPSA) is 128 Å². The van der Waals surface area contributed by atoms with Crippen LogP contribution in [0.25, 0.3) is 0 Å². The van der Waals surface area contributed by atoms with E-state index in [4.69, 9.17) is 0 Å². The molecule has 2 aromatic carbocycles. The number of amides is 1. The van der Waals surface area contributed by atoms with Gasteiger partial charge in [0, 0.05) is 11.6 Å². The van der Waals surface area contributed by atoms with Crippen LogP contribution in [0.2, 0.25) is 0 Å². The Balaban J connectivity index is 2.16. The van der Waals surface area contributed by atoms with E-state index >= 15 is 0 Å². The first kappa shape index (κ1) is 18.7. The lowest BCUT2D eigenvalue weighted by molar-refractivity contribution is -0.394. The minimum Gasteiger partial charge on any atom is -0.273 e. The lowest BCUT2D eigenvalue weighted by atomic mass is 10.1. The maximum atomic E-state index is 12.1. The molecule has 1 amide bonds. The van der Waals surface area contributed by atoms with E-state index in [2.05, 4.69) is 10.5 Å². The number of hydrogen-bond acceptors (Lipinski definition) is 6. The van der Waals surface area contributed by atoms with Crippen molar-refractivity contribution in [2.45, 2.75) is 19.8 Å². The van der Waals surface area contributed by atoms with Crippen LogP contribution in [-0.4, -0.2) is 21.5 Å². The minimum atomic E-state index is -0.750. The second-order valence-corrected chi connectivity index (χ2v) is 5.32. The average molecular weight is 356 g/mol. The highest BCUT2D eigenvalue weighted by Crippen LogP contribution is 2.25. The van der Waals surface area contributed by atoms with Gasteiger partial charge in [0.25, 0.3) is 11.4 Å². The zero-order valence-corrected chi connectivity index (χ0v) is 13.9. The van der Waals surface area contributed by atoms with Crippen LogP contribution in [0.15, 0.2) is 53.6 Å². The number of non-ortho nitro benzene ring substituents is 1. The molecule has 0 spiro atoms. The number of nitrogens with zero attached hydrogens (tertiary/aromatic N) is 3. The molecule has 134 valence electrons. The van der Waals surface area contributed by atoms with Gasteiger partial charge in [0.2, 0.25) is 5.91 Å². The molecule has 0 aromatic heterocycles. The van der Waals surface area contributed by atoms with Crippen molar-refractivity contribution in [1.29, 1.82) is 0 Å². The van der Waals surface area contributed by atoms with E-state index in [-0.39, 0.29) is 12.0 Å². The zero-order valence-electron chi connectivity index (χ0n) is 13.9. The van der Waals surface area contributed by atoms with Gasteiger partial charge in [-0.05, 0) is 18.1 Å². The molecule has 0 aliphatic carbocycles. The number of carbonyl (C=O) groups excluding carboxylic acids is 1. The predicted octanol–water partition coefficient (Wildman–Crippen LogP) is 2.98. The third-order valence-electron chi connectivity index (χ3n) is 3.58. The molecule has 2 aromatic rings. The number of nitro benzene ring substituents is 2. The van der Waals surface area contributed by atoms with E-state index < -0.39 is 27.1 Å². The monoisotopic (exact) mass is 356 g/mol. The second kappa shape index (κ2) is 8.47. The summed E-state index contributed by atoms with van der Waals surface area (Å²) in [5, 5.41) is 25.9. The standard InChI is InChI=1S/C17H16N4O5/c1-2-15(12-6-4-3-5-7-12)18-19-17(22)10-13-8-9-14(20(23)24)11-16(13)21(25)26/h3-9,11H,2,10H2,1H3,(H,19,22). The van der Waals surface area contributed by atoms with Gasteiger partial charge in [0.05, 0.1) is 28.0 Å². The Morgan fingerprint density at radius 2 is 1.77 bits per heavy atom. The maximum absolute atomic E-state index is 12.1. The number of hydrogen-bond donors (Lipinski definition) is 1. The van der Waals surface area contributed by atoms with E-state index in [1.165, 1.54) is 6.07 Å². The predicted molar refractivity (Wildman–Crippen MR) is 94.9 cm³/mol. The van der Waals surface area contributed by atoms with Gasteiger partial charge in [-0.15, -0.1) is 0 Å². The van der Waals surface area contributed by atoms with Crippen molar-refractivity contribution >= 4 is 23.0 Å². The summed E-state index contributed by atoms with van der Waals surface area (Å²) in [6.45, 7) is 1.89. The summed E-state index contributed by atoms with van der Waals surface area (Å²) in [6.07, 6.45) is 0.269. The molecule has 0 fully saturated rings. The van der Waals surface area contributed by atoms with Gasteiger partial charge in [-0.25, -0.2) is 5.43 Å². The lowest BCUT2D eigenvalue weighted by Crippen LogP contribution is -2.22. The van der Waals surface area contributed by atoms with Gasteiger partial charge in [-0.2, -0.15) is 5.10 Å². The third kappa shape index (κ3) is 4.69. The second-order valence-electron chi connectivity index (χ2n) is 5.32. The molecule has 0 unspecified atom stereocenters. The first-order valence-electron chi connectivity index (χ1n) is 7.75. The summed E-state index contributed by atoms with van der Waals surface area (Å²) < 4.78 is 0. The normalized spacial score (nSPS) is 11.0. The molecule has 0 saturated carbocycles. The Morgan fingerprint density at radius 3 is 2.35 bits per heavy atom. The van der Waals surface area contributed by atoms with Gasteiger partial charge >= 0.3 is 0 Å². The molecule has 0 heterocycles. The zero-order chi connectivity index (χ0) is 19.1. The van der Waals surface area contributed by atoms with Crippen molar-refractivity contribution in [1.82, 2.24) is 5.43 Å². The van der Waals surface area contributed by atoms with Crippen LogP contribution in [0, 0.1) is 20.2 Å². The number of hydrazone groups is 1. The van der Waals surface area contributed by atoms with Gasteiger partial charge in [0.1, 0.15) is 0 Å². The maximum Gasteiger partial charge on any atom is 0.279 e. The molecular formula is C17H16N4O5. The molecule has 26 heavy (non-hydrogen) atoms. The molecule has 0 radical (unpaired) electrons. The Kier molecular flexibility index (Phi) is 6.10. The molecule has 9 nitrogen and oxygen atoms in total. The molecule has 9 heteroatoms. The Bertz CT molecular complexity index is 865. The number of nitrogens with one attached hydrogen (secondary N) is 1. The van der Waals surface area contributed by atoms with Crippen LogP contribution in [0.5, 0.6) is 0 Å². The van der Waals surface area contributed by atoms with Crippen LogP contribution in [0.1, 0.15) is 24.5 Å². The summed E-state index contributed by atoms with van der Waals surface area (Å²) in [7, 11) is 0. The molecule has 1 N–H and O–H groups in total. The minimum absolute atomic E-state index is 0.0751. The highest BCUT2D eigenvalue weighted by atomic mass is 16.6. The lowest BCUT2D eigenvalue weighted by Gasteiger charge is -2.06. The van der Waals surface area contributed by atoms with E-state index in [9.17, 15) is 25.0 Å². The van der Waals surface area contributed by atoms with Gasteiger partial charge in [-0.1, -0.05) is 37.3 Å². The largest absolute Gasteiger partial charge is 0.279 e. The summed E-state index contributed by atoms with van der Waals surface area (Å²) in [4.78, 5) is 32.4. The van der Waals surface area contributed by atoms with Crippen LogP contribution in [0.4, 0.5) is 11.4 Å².